The van der Waals surface area contributed by atoms with E-state index in [0.717, 1.165) is 68.7 Å². The molecule has 27 heavy (non-hydrogen) atoms. The normalized spacial score (nSPS) is 15.1. The summed E-state index contributed by atoms with van der Waals surface area (Å²) in [6, 6.07) is 12.1. The Morgan fingerprint density at radius 1 is 1.07 bits per heavy atom. The van der Waals surface area contributed by atoms with E-state index in [0.29, 0.717) is 5.02 Å². The molecule has 3 rings (SSSR count). The summed E-state index contributed by atoms with van der Waals surface area (Å²) in [6.07, 6.45) is 0.868. The molecule has 1 heterocycles. The largest absolute Gasteiger partial charge is 0.496 e. The Kier molecular flexibility index (Phi) is 7.80. The zero-order valence-electron chi connectivity index (χ0n) is 15.6. The number of ether oxygens (including phenoxy) is 2. The predicted octanol–water partition coefficient (Wildman–Crippen LogP) is 4.17. The first kappa shape index (κ1) is 20.4. The van der Waals surface area contributed by atoms with Crippen molar-refractivity contribution in [3.8, 4) is 5.75 Å². The highest BCUT2D eigenvalue weighted by atomic mass is 35.5. The summed E-state index contributed by atoms with van der Waals surface area (Å²) < 4.78 is 11.0. The van der Waals surface area contributed by atoms with Gasteiger partial charge in [0.1, 0.15) is 5.75 Å². The zero-order valence-corrected chi connectivity index (χ0v) is 17.2. The molecule has 0 atom stereocenters. The van der Waals surface area contributed by atoms with Gasteiger partial charge in [-0.2, -0.15) is 0 Å². The van der Waals surface area contributed by atoms with Gasteiger partial charge in [0.2, 0.25) is 0 Å². The molecule has 1 saturated heterocycles. The fraction of sp³-hybridized carbons (Fsp3) is 0.429. The van der Waals surface area contributed by atoms with Crippen LogP contribution in [-0.2, 0) is 24.2 Å². The quantitative estimate of drug-likeness (QED) is 0.664. The summed E-state index contributed by atoms with van der Waals surface area (Å²) in [4.78, 5) is 2.40. The van der Waals surface area contributed by atoms with Crippen molar-refractivity contribution in [1.82, 2.24) is 10.2 Å². The van der Waals surface area contributed by atoms with Gasteiger partial charge in [0.25, 0.3) is 0 Å². The van der Waals surface area contributed by atoms with Gasteiger partial charge < -0.3 is 14.8 Å². The third-order valence-electron chi connectivity index (χ3n) is 4.76. The first-order valence-electron chi connectivity index (χ1n) is 9.26. The zero-order chi connectivity index (χ0) is 19.1. The molecule has 2 aromatic carbocycles. The van der Waals surface area contributed by atoms with Gasteiger partial charge in [-0.05, 0) is 48.4 Å². The summed E-state index contributed by atoms with van der Waals surface area (Å²) in [5.74, 6) is 0.943. The number of methoxy groups -OCH3 is 1. The molecule has 1 aliphatic heterocycles. The molecule has 0 aromatic heterocycles. The van der Waals surface area contributed by atoms with E-state index < -0.39 is 0 Å². The standard InChI is InChI=1S/C21H26Cl2N2O2/c1-26-21-5-2-16(12-18(21)15-25-8-10-27-11-9-25)14-24-7-6-17-3-4-19(22)13-20(17)23/h2-5,12-13,24H,6-11,14-15H2,1H3. The van der Waals surface area contributed by atoms with Crippen molar-refractivity contribution < 1.29 is 9.47 Å². The molecule has 1 aliphatic rings. The summed E-state index contributed by atoms with van der Waals surface area (Å²) >= 11 is 12.2. The van der Waals surface area contributed by atoms with E-state index in [2.05, 4.69) is 28.4 Å². The monoisotopic (exact) mass is 408 g/mol. The van der Waals surface area contributed by atoms with Gasteiger partial charge in [0, 0.05) is 41.8 Å². The van der Waals surface area contributed by atoms with Gasteiger partial charge in [-0.25, -0.2) is 0 Å². The fourth-order valence-electron chi connectivity index (χ4n) is 3.25. The maximum Gasteiger partial charge on any atom is 0.123 e. The SMILES string of the molecule is COc1ccc(CNCCc2ccc(Cl)cc2Cl)cc1CN1CCOCC1. The predicted molar refractivity (Wildman–Crippen MR) is 111 cm³/mol. The first-order valence-corrected chi connectivity index (χ1v) is 10.0. The van der Waals surface area contributed by atoms with E-state index in [9.17, 15) is 0 Å². The van der Waals surface area contributed by atoms with Crippen LogP contribution in [0.3, 0.4) is 0 Å². The Hall–Kier alpha value is -1.30. The minimum absolute atomic E-state index is 0.669. The van der Waals surface area contributed by atoms with Crippen LogP contribution in [-0.4, -0.2) is 44.9 Å². The van der Waals surface area contributed by atoms with Gasteiger partial charge in [-0.15, -0.1) is 0 Å². The Balaban J connectivity index is 1.54. The molecule has 1 N–H and O–H groups in total. The second-order valence-corrected chi connectivity index (χ2v) is 7.54. The van der Waals surface area contributed by atoms with Crippen molar-refractivity contribution in [2.24, 2.45) is 0 Å². The molecule has 0 amide bonds. The highest BCUT2D eigenvalue weighted by Gasteiger charge is 2.13. The van der Waals surface area contributed by atoms with E-state index in [4.69, 9.17) is 32.7 Å². The second kappa shape index (κ2) is 10.3. The Morgan fingerprint density at radius 3 is 2.63 bits per heavy atom. The number of morpholine rings is 1. The van der Waals surface area contributed by atoms with E-state index in [1.165, 1.54) is 11.1 Å². The van der Waals surface area contributed by atoms with Gasteiger partial charge in [0.15, 0.2) is 0 Å². The summed E-state index contributed by atoms with van der Waals surface area (Å²) in [7, 11) is 1.73. The van der Waals surface area contributed by atoms with E-state index in [-0.39, 0.29) is 0 Å². The number of nitrogens with one attached hydrogen (secondary N) is 1. The number of hydrogen-bond donors (Lipinski definition) is 1. The van der Waals surface area contributed by atoms with Crippen LogP contribution in [0.5, 0.6) is 5.75 Å². The van der Waals surface area contributed by atoms with Crippen LogP contribution in [0.15, 0.2) is 36.4 Å². The van der Waals surface area contributed by atoms with Crippen LogP contribution in [0.4, 0.5) is 0 Å². The smallest absolute Gasteiger partial charge is 0.123 e. The van der Waals surface area contributed by atoms with Crippen LogP contribution in [0.25, 0.3) is 0 Å². The summed E-state index contributed by atoms with van der Waals surface area (Å²) in [6.45, 7) is 6.09. The van der Waals surface area contributed by atoms with Crippen LogP contribution < -0.4 is 10.1 Å². The number of rotatable bonds is 8. The lowest BCUT2D eigenvalue weighted by Gasteiger charge is -2.27. The van der Waals surface area contributed by atoms with Crippen LogP contribution in [0, 0.1) is 0 Å². The maximum atomic E-state index is 6.23. The average Bonchev–Trinajstić information content (AvgIpc) is 2.67. The molecule has 0 aliphatic carbocycles. The minimum atomic E-state index is 0.669. The van der Waals surface area contributed by atoms with Crippen LogP contribution >= 0.6 is 23.2 Å². The number of hydrogen-bond acceptors (Lipinski definition) is 4. The molecule has 146 valence electrons. The molecular formula is C21H26Cl2N2O2. The Bertz CT molecular complexity index is 749. The number of nitrogens with zero attached hydrogens (tertiary/aromatic N) is 1. The molecule has 0 saturated carbocycles. The molecule has 4 nitrogen and oxygen atoms in total. The van der Waals surface area contributed by atoms with E-state index in [1.807, 2.05) is 12.1 Å². The van der Waals surface area contributed by atoms with Crippen molar-refractivity contribution in [3.05, 3.63) is 63.1 Å². The third kappa shape index (κ3) is 6.09. The Labute approximate surface area is 171 Å². The number of benzene rings is 2. The lowest BCUT2D eigenvalue weighted by molar-refractivity contribution is 0.0339. The van der Waals surface area contributed by atoms with Crippen molar-refractivity contribution in [2.45, 2.75) is 19.5 Å². The summed E-state index contributed by atoms with van der Waals surface area (Å²) in [5, 5.41) is 4.89. The van der Waals surface area contributed by atoms with Gasteiger partial charge in [0.05, 0.1) is 20.3 Å². The molecule has 6 heteroatoms. The minimum Gasteiger partial charge on any atom is -0.496 e. The second-order valence-electron chi connectivity index (χ2n) is 6.70. The van der Waals surface area contributed by atoms with Crippen molar-refractivity contribution in [2.75, 3.05) is 40.0 Å². The maximum absolute atomic E-state index is 6.23. The molecule has 0 unspecified atom stereocenters. The van der Waals surface area contributed by atoms with Gasteiger partial charge in [-0.3, -0.25) is 4.90 Å². The molecule has 0 spiro atoms. The topological polar surface area (TPSA) is 33.7 Å². The highest BCUT2D eigenvalue weighted by molar-refractivity contribution is 6.35. The van der Waals surface area contributed by atoms with Crippen molar-refractivity contribution >= 4 is 23.2 Å². The van der Waals surface area contributed by atoms with Crippen LogP contribution in [0.2, 0.25) is 10.0 Å². The van der Waals surface area contributed by atoms with Crippen molar-refractivity contribution in [1.29, 1.82) is 0 Å². The lowest BCUT2D eigenvalue weighted by Crippen LogP contribution is -2.35. The lowest BCUT2D eigenvalue weighted by atomic mass is 10.1. The van der Waals surface area contributed by atoms with Crippen LogP contribution in [0.1, 0.15) is 16.7 Å². The van der Waals surface area contributed by atoms with E-state index >= 15 is 0 Å². The fourth-order valence-corrected chi connectivity index (χ4v) is 3.75. The highest BCUT2D eigenvalue weighted by Crippen LogP contribution is 2.23. The third-order valence-corrected chi connectivity index (χ3v) is 5.34. The molecule has 0 bridgehead atoms. The number of halogens is 2. The average molecular weight is 409 g/mol. The van der Waals surface area contributed by atoms with Crippen molar-refractivity contribution in [3.63, 3.8) is 0 Å². The Morgan fingerprint density at radius 2 is 1.89 bits per heavy atom. The first-order chi connectivity index (χ1) is 13.2. The van der Waals surface area contributed by atoms with E-state index in [1.54, 1.807) is 13.2 Å². The molecule has 2 aromatic rings. The molecule has 1 fully saturated rings. The molecular weight excluding hydrogens is 383 g/mol. The van der Waals surface area contributed by atoms with Gasteiger partial charge >= 0.3 is 0 Å². The summed E-state index contributed by atoms with van der Waals surface area (Å²) in [5.41, 5.74) is 3.58. The van der Waals surface area contributed by atoms with Gasteiger partial charge in [-0.1, -0.05) is 35.3 Å². The molecule has 0 radical (unpaired) electrons.